The predicted octanol–water partition coefficient (Wildman–Crippen LogP) is 1.81. The molecule has 0 fully saturated rings. The van der Waals surface area contributed by atoms with Crippen molar-refractivity contribution >= 4 is 11.8 Å². The molecule has 0 saturated heterocycles. The van der Waals surface area contributed by atoms with Crippen molar-refractivity contribution in [2.75, 3.05) is 6.61 Å². The summed E-state index contributed by atoms with van der Waals surface area (Å²) in [6.07, 6.45) is 2.95. The molecule has 86 valence electrons. The topological polar surface area (TPSA) is 48.3 Å². The Bertz CT molecular complexity index is 445. The van der Waals surface area contributed by atoms with E-state index in [2.05, 4.69) is 0 Å². The average Bonchev–Trinajstić information content (AvgIpc) is 2.79. The van der Waals surface area contributed by atoms with Crippen LogP contribution >= 0.6 is 0 Å². The molecule has 0 radical (unpaired) electrons. The molecule has 0 amide bonds. The number of hydrogen-bond donors (Lipinski definition) is 0. The van der Waals surface area contributed by atoms with E-state index in [0.29, 0.717) is 37.3 Å². The Labute approximate surface area is 94.2 Å². The second-order valence-corrected chi connectivity index (χ2v) is 3.80. The molecule has 2 rings (SSSR count). The number of carbonyl (C=O) groups excluding carboxylic acids is 2. The minimum absolute atomic E-state index is 0.132. The Morgan fingerprint density at radius 3 is 2.81 bits per heavy atom. The standard InChI is InChI=1S/C12H15NO3/c1-3-13-7-9-8(5-6-10(9)14)11(13)12(15)16-4-2/h7H,3-6H2,1-2H3. The number of hydrogen-bond acceptors (Lipinski definition) is 3. The van der Waals surface area contributed by atoms with Crippen molar-refractivity contribution in [2.45, 2.75) is 33.2 Å². The van der Waals surface area contributed by atoms with Gasteiger partial charge in [0.1, 0.15) is 5.69 Å². The van der Waals surface area contributed by atoms with Crippen molar-refractivity contribution in [1.29, 1.82) is 0 Å². The summed E-state index contributed by atoms with van der Waals surface area (Å²) in [5.41, 5.74) is 2.13. The summed E-state index contributed by atoms with van der Waals surface area (Å²) in [5.74, 6) is -0.187. The fourth-order valence-corrected chi connectivity index (χ4v) is 2.16. The van der Waals surface area contributed by atoms with Crippen molar-refractivity contribution in [1.82, 2.24) is 4.57 Å². The molecule has 4 heteroatoms. The molecule has 1 heterocycles. The van der Waals surface area contributed by atoms with Gasteiger partial charge in [-0.1, -0.05) is 0 Å². The number of nitrogens with zero attached hydrogens (tertiary/aromatic N) is 1. The van der Waals surface area contributed by atoms with Crippen LogP contribution in [0.4, 0.5) is 0 Å². The molecule has 0 spiro atoms. The molecule has 4 nitrogen and oxygen atoms in total. The van der Waals surface area contributed by atoms with E-state index in [1.807, 2.05) is 6.92 Å². The first-order chi connectivity index (χ1) is 7.69. The van der Waals surface area contributed by atoms with Crippen molar-refractivity contribution < 1.29 is 14.3 Å². The normalized spacial score (nSPS) is 14.0. The third-order valence-electron chi connectivity index (χ3n) is 2.90. The molecule has 0 bridgehead atoms. The predicted molar refractivity (Wildman–Crippen MR) is 58.7 cm³/mol. The van der Waals surface area contributed by atoms with E-state index in [4.69, 9.17) is 4.74 Å². The quantitative estimate of drug-likeness (QED) is 0.731. The van der Waals surface area contributed by atoms with E-state index in [-0.39, 0.29) is 11.8 Å². The number of aromatic nitrogens is 1. The fraction of sp³-hybridized carbons (Fsp3) is 0.500. The van der Waals surface area contributed by atoms with Crippen LogP contribution in [-0.2, 0) is 17.7 Å². The molecule has 1 aliphatic carbocycles. The van der Waals surface area contributed by atoms with Crippen molar-refractivity contribution in [2.24, 2.45) is 0 Å². The van der Waals surface area contributed by atoms with E-state index in [1.165, 1.54) is 0 Å². The van der Waals surface area contributed by atoms with Crippen molar-refractivity contribution in [3.05, 3.63) is 23.0 Å². The van der Waals surface area contributed by atoms with Crippen LogP contribution in [0, 0.1) is 0 Å². The lowest BCUT2D eigenvalue weighted by Gasteiger charge is -2.07. The molecule has 0 atom stereocenters. The van der Waals surface area contributed by atoms with Gasteiger partial charge in [-0.25, -0.2) is 4.79 Å². The summed E-state index contributed by atoms with van der Waals surface area (Å²) < 4.78 is 6.82. The Kier molecular flexibility index (Phi) is 2.81. The van der Waals surface area contributed by atoms with Crippen LogP contribution in [0.3, 0.4) is 0 Å². The van der Waals surface area contributed by atoms with Gasteiger partial charge in [-0.2, -0.15) is 0 Å². The van der Waals surface area contributed by atoms with E-state index in [0.717, 1.165) is 5.56 Å². The number of ether oxygens (including phenoxy) is 1. The highest BCUT2D eigenvalue weighted by Gasteiger charge is 2.29. The third kappa shape index (κ3) is 1.54. The van der Waals surface area contributed by atoms with E-state index < -0.39 is 0 Å². The van der Waals surface area contributed by atoms with Crippen LogP contribution in [0.25, 0.3) is 0 Å². The smallest absolute Gasteiger partial charge is 0.355 e. The Morgan fingerprint density at radius 1 is 1.44 bits per heavy atom. The fourth-order valence-electron chi connectivity index (χ4n) is 2.16. The number of Topliss-reactive ketones (excluding diaryl/α,β-unsaturated/α-hetero) is 1. The Balaban J connectivity index is 2.47. The zero-order valence-electron chi connectivity index (χ0n) is 9.58. The number of esters is 1. The summed E-state index contributed by atoms with van der Waals surface area (Å²) in [6, 6.07) is 0. The van der Waals surface area contributed by atoms with E-state index >= 15 is 0 Å². The maximum atomic E-state index is 11.8. The van der Waals surface area contributed by atoms with Crippen LogP contribution in [0.5, 0.6) is 0 Å². The summed E-state index contributed by atoms with van der Waals surface area (Å²) in [5, 5.41) is 0. The van der Waals surface area contributed by atoms with Crippen LogP contribution in [-0.4, -0.2) is 22.9 Å². The molecule has 0 unspecified atom stereocenters. The molecule has 0 N–H and O–H groups in total. The van der Waals surface area contributed by atoms with Crippen LogP contribution in [0.2, 0.25) is 0 Å². The second kappa shape index (κ2) is 4.12. The van der Waals surface area contributed by atoms with Gasteiger partial charge in [0, 0.05) is 24.7 Å². The largest absolute Gasteiger partial charge is 0.461 e. The van der Waals surface area contributed by atoms with Crippen LogP contribution < -0.4 is 0 Å². The Hall–Kier alpha value is -1.58. The molecular formula is C12H15NO3. The average molecular weight is 221 g/mol. The minimum Gasteiger partial charge on any atom is -0.461 e. The van der Waals surface area contributed by atoms with E-state index in [9.17, 15) is 9.59 Å². The molecule has 1 aliphatic rings. The van der Waals surface area contributed by atoms with Gasteiger partial charge in [0.2, 0.25) is 0 Å². The number of aryl methyl sites for hydroxylation is 1. The van der Waals surface area contributed by atoms with Gasteiger partial charge >= 0.3 is 5.97 Å². The monoisotopic (exact) mass is 221 g/mol. The SMILES string of the molecule is CCOC(=O)c1c2c(cn1CC)C(=O)CC2. The van der Waals surface area contributed by atoms with Gasteiger partial charge in [0.15, 0.2) is 5.78 Å². The first kappa shape index (κ1) is 10.9. The van der Waals surface area contributed by atoms with Crippen molar-refractivity contribution in [3.63, 3.8) is 0 Å². The molecule has 0 saturated carbocycles. The number of fused-ring (bicyclic) bond motifs is 1. The lowest BCUT2D eigenvalue weighted by atomic mass is 10.2. The lowest BCUT2D eigenvalue weighted by Crippen LogP contribution is -2.13. The van der Waals surface area contributed by atoms with Gasteiger partial charge in [-0.05, 0) is 25.8 Å². The minimum atomic E-state index is -0.319. The van der Waals surface area contributed by atoms with Crippen LogP contribution in [0.15, 0.2) is 6.20 Å². The summed E-state index contributed by atoms with van der Waals surface area (Å²) in [7, 11) is 0. The number of ketones is 1. The van der Waals surface area contributed by atoms with Gasteiger partial charge in [-0.3, -0.25) is 4.79 Å². The summed E-state index contributed by atoms with van der Waals surface area (Å²) >= 11 is 0. The summed E-state index contributed by atoms with van der Waals surface area (Å²) in [6.45, 7) is 4.76. The first-order valence-corrected chi connectivity index (χ1v) is 5.61. The molecule has 0 aromatic carbocycles. The van der Waals surface area contributed by atoms with Gasteiger partial charge in [0.25, 0.3) is 0 Å². The van der Waals surface area contributed by atoms with Gasteiger partial charge < -0.3 is 9.30 Å². The van der Waals surface area contributed by atoms with Gasteiger partial charge in [0.05, 0.1) is 6.61 Å². The highest BCUT2D eigenvalue weighted by atomic mass is 16.5. The first-order valence-electron chi connectivity index (χ1n) is 5.61. The summed E-state index contributed by atoms with van der Waals surface area (Å²) in [4.78, 5) is 23.4. The lowest BCUT2D eigenvalue weighted by molar-refractivity contribution is 0.0512. The van der Waals surface area contributed by atoms with Crippen molar-refractivity contribution in [3.8, 4) is 0 Å². The third-order valence-corrected chi connectivity index (χ3v) is 2.90. The number of carbonyl (C=O) groups is 2. The zero-order chi connectivity index (χ0) is 11.7. The maximum Gasteiger partial charge on any atom is 0.355 e. The van der Waals surface area contributed by atoms with E-state index in [1.54, 1.807) is 17.7 Å². The zero-order valence-corrected chi connectivity index (χ0v) is 9.58. The number of rotatable bonds is 3. The Morgan fingerprint density at radius 2 is 2.19 bits per heavy atom. The molecular weight excluding hydrogens is 206 g/mol. The van der Waals surface area contributed by atoms with Crippen LogP contribution in [0.1, 0.15) is 46.7 Å². The molecule has 1 aromatic heterocycles. The van der Waals surface area contributed by atoms with Gasteiger partial charge in [-0.15, -0.1) is 0 Å². The molecule has 0 aliphatic heterocycles. The highest BCUT2D eigenvalue weighted by Crippen LogP contribution is 2.27. The molecule has 16 heavy (non-hydrogen) atoms. The second-order valence-electron chi connectivity index (χ2n) is 3.80. The maximum absolute atomic E-state index is 11.8. The highest BCUT2D eigenvalue weighted by molar-refractivity contribution is 6.04. The molecule has 1 aromatic rings.